The number of primary amides is 2. The Morgan fingerprint density at radius 1 is 0.544 bits per heavy atom. The smallest absolute Gasteiger partial charge is 0.337 e. The van der Waals surface area contributed by atoms with E-state index in [4.69, 9.17) is 68.6 Å². The number of methoxy groups -OCH3 is 6. The van der Waals surface area contributed by atoms with Gasteiger partial charge in [0.1, 0.15) is 30.0 Å². The maximum absolute atomic E-state index is 13.7. The Morgan fingerprint density at radius 3 is 1.84 bits per heavy atom. The predicted octanol–water partition coefficient (Wildman–Crippen LogP) is 14.3. The van der Waals surface area contributed by atoms with Crippen LogP contribution in [0, 0.1) is 11.8 Å². The maximum atomic E-state index is 13.7. The highest BCUT2D eigenvalue weighted by Gasteiger charge is 2.43. The van der Waals surface area contributed by atoms with Crippen LogP contribution in [0.5, 0.6) is 51.7 Å². The third-order valence-electron chi connectivity index (χ3n) is 27.8. The molecule has 2 bridgehead atoms. The molecular weight excluding hydrogens is 1880 g/mol. The van der Waals surface area contributed by atoms with Gasteiger partial charge in [0.2, 0.25) is 5.91 Å². The average molecular weight is 2000 g/mol. The number of hydrogen-bond acceptors (Lipinski definition) is 26. The summed E-state index contributed by atoms with van der Waals surface area (Å²) in [4.78, 5) is 133. The number of imide groups is 1. The molecule has 0 spiro atoms. The number of nitrogens with one attached hydrogen (secondary N) is 2. The highest BCUT2D eigenvalue weighted by Crippen LogP contribution is 2.48. The number of carbonyl (C=O) groups is 6. The summed E-state index contributed by atoms with van der Waals surface area (Å²) in [7, 11) is 9.37. The maximum Gasteiger partial charge on any atom is 0.337 e. The fourth-order valence-electron chi connectivity index (χ4n) is 20.2. The number of morpholine rings is 1. The van der Waals surface area contributed by atoms with Crippen LogP contribution in [0.1, 0.15) is 170 Å². The summed E-state index contributed by atoms with van der Waals surface area (Å²) in [6.45, 7) is 5.97. The standard InChI is InChI=1S/C32H34N4O6.C23H24N2O5.C22H17N3O4.C18H24N2O3.C18H20N2O3/c1-39-28-17-22-16-23(20-37)34-31(26(22)19-29(28)40-2)21-6-8-33-30(18-21)36-9-7-24-25(32(36)38)4-3-5-27(24)42-15-12-35-10-13-41-14-11-35;1-29-19-11-10-14(12-20(19)30-15-6-2-3-7-15)18(13-21(24)26)25-22(27)16-8-4-5-9-17(16)23(25)28;1-29-21(27)16-9-5-10-17(13-16)25-19-18(11-6-12-23-19)20(26)24(22(25)28)14-15-7-3-2-4-8-15;1-22-15-5-4-12(14-9-19-18(21)20-10-14)8-17(15)23-16-7-11-2-3-13(16)6-11;1-22-16-9-7-12(10-17(16)23-14-4-2-3-5-14)13-6-8-15(18(19)21)20-11-13/h3-9,17-19,23,37H,10-16,20H2,1-2H3;4-5,8-12,15,18H,2-3,6-7,13H2,1H3,(H2,24,26);2-13H,14H2,1H3;4-5,8,11,13-14,16H,2-3,6-7,9-10H2,1H3,(H2,19,20,21);6-11,14H,2-5H2,1H3,(H2,19,21)/t23-;;;11-,13+,16+;/m0..1./s1. The summed E-state index contributed by atoms with van der Waals surface area (Å²) < 4.78 is 66.3. The van der Waals surface area contributed by atoms with Crippen LogP contribution in [-0.4, -0.2) is 211 Å². The van der Waals surface area contributed by atoms with E-state index in [1.54, 1.807) is 145 Å². The van der Waals surface area contributed by atoms with Crippen LogP contribution >= 0.6 is 0 Å². The molecule has 8 aliphatic rings. The van der Waals surface area contributed by atoms with Crippen LogP contribution in [0.15, 0.2) is 250 Å². The minimum atomic E-state index is -0.827. The molecule has 34 nitrogen and oxygen atoms in total. The van der Waals surface area contributed by atoms with E-state index >= 15 is 0 Å². The molecule has 13 aromatic rings. The topological polar surface area (TPSA) is 424 Å². The first-order chi connectivity index (χ1) is 71.6. The lowest BCUT2D eigenvalue weighted by molar-refractivity contribution is -0.118. The SMILES string of the molecule is COC(=O)c1cccc(-n2c(=O)n(Cc3ccccc3)c(=O)c3cccnc32)c1.COc1cc2c(cc1OC)C(c1ccnc(-n3ccc4c(OCCN5CCOCC5)cccc4c3=O)c1)=N[C@H](CO)C2.COc1ccc(-c2ccc(C(N)=O)nc2)cc1OC1CCCC1.COc1ccc(C(CC(N)=O)N2C(=O)c3ccccc3C2=O)cc1OC1CCCC1.COc1ccc(C2CNC(=O)NC2)cc1O[C@H]1C[C@@H]2CC[C@H]1C2. The molecule has 1 unspecified atom stereocenters. The van der Waals surface area contributed by atoms with Crippen LogP contribution in [0.25, 0.3) is 44.4 Å². The van der Waals surface area contributed by atoms with E-state index in [9.17, 15) is 48.3 Å². The molecule has 9 heterocycles. The van der Waals surface area contributed by atoms with Gasteiger partial charge in [-0.25, -0.2) is 28.9 Å². The molecule has 4 aliphatic heterocycles. The van der Waals surface area contributed by atoms with E-state index in [0.29, 0.717) is 117 Å². The number of benzene rings is 8. The van der Waals surface area contributed by atoms with Gasteiger partial charge in [-0.05, 0) is 251 Å². The summed E-state index contributed by atoms with van der Waals surface area (Å²) in [5.41, 5.74) is 19.2. The fraction of sp³-hybridized carbons (Fsp3) is 0.336. The number of ether oxygens (including phenoxy) is 11. The molecule has 21 rings (SSSR count). The van der Waals surface area contributed by atoms with Gasteiger partial charge in [-0.2, -0.15) is 0 Å². The zero-order valence-corrected chi connectivity index (χ0v) is 82.8. The molecule has 6 fully saturated rings. The van der Waals surface area contributed by atoms with Crippen LogP contribution in [0.3, 0.4) is 0 Å². The Hall–Kier alpha value is -16.1. The van der Waals surface area contributed by atoms with E-state index in [-0.39, 0.29) is 66.7 Å². The predicted molar refractivity (Wildman–Crippen MR) is 552 cm³/mol. The number of rotatable bonds is 29. The van der Waals surface area contributed by atoms with Crippen molar-refractivity contribution >= 4 is 63.1 Å². The first kappa shape index (κ1) is 102. The number of aliphatic imine (C=N–C) groups is 1. The van der Waals surface area contributed by atoms with Crippen molar-refractivity contribution in [3.63, 3.8) is 0 Å². The normalized spacial score (nSPS) is 17.5. The lowest BCUT2D eigenvalue weighted by Crippen LogP contribution is -2.47. The van der Waals surface area contributed by atoms with Crippen molar-refractivity contribution in [1.82, 2.24) is 49.1 Å². The summed E-state index contributed by atoms with van der Waals surface area (Å²) in [6, 6.07) is 60.0. The van der Waals surface area contributed by atoms with Gasteiger partial charge in [0.15, 0.2) is 51.6 Å². The second-order valence-corrected chi connectivity index (χ2v) is 37.1. The lowest BCUT2D eigenvalue weighted by atomic mass is 9.90. The molecule has 2 saturated heterocycles. The van der Waals surface area contributed by atoms with Crippen LogP contribution in [0.2, 0.25) is 0 Å². The number of fused-ring (bicyclic) bond motifs is 6. The lowest BCUT2D eigenvalue weighted by Gasteiger charge is -2.27. The summed E-state index contributed by atoms with van der Waals surface area (Å²) in [5.74, 6) is 5.88. The Balaban J connectivity index is 0.000000128. The minimum Gasteiger partial charge on any atom is -0.493 e. The number of nitrogens with zero attached hydrogens (tertiary/aromatic N) is 9. The summed E-state index contributed by atoms with van der Waals surface area (Å²) >= 11 is 0. The highest BCUT2D eigenvalue weighted by molar-refractivity contribution is 6.22. The third-order valence-corrected chi connectivity index (χ3v) is 27.8. The first-order valence-electron chi connectivity index (χ1n) is 49.5. The number of nitrogens with two attached hydrogens (primary N) is 2. The molecule has 762 valence electrons. The van der Waals surface area contributed by atoms with Crippen LogP contribution in [-0.2, 0) is 27.2 Å². The zero-order valence-electron chi connectivity index (χ0n) is 82.8. The minimum absolute atomic E-state index is 0.0871. The monoisotopic (exact) mass is 1990 g/mol. The van der Waals surface area contributed by atoms with Gasteiger partial charge in [0.05, 0.1) is 139 Å². The van der Waals surface area contributed by atoms with Crippen molar-refractivity contribution in [2.75, 3.05) is 102 Å². The Labute approximate surface area is 848 Å². The average Bonchev–Trinajstić information content (AvgIpc) is 1.62. The number of aliphatic hydroxyl groups excluding tert-OH is 1. The largest absolute Gasteiger partial charge is 0.493 e. The molecular formula is C113H119N13O21. The van der Waals surface area contributed by atoms with Crippen LogP contribution < -0.4 is 81.5 Å². The van der Waals surface area contributed by atoms with Gasteiger partial charge in [0.25, 0.3) is 28.8 Å². The molecule has 7 N–H and O–H groups in total. The van der Waals surface area contributed by atoms with E-state index in [1.807, 2.05) is 103 Å². The number of carbonyl (C=O) groups excluding carboxylic acids is 6. The van der Waals surface area contributed by atoms with Crippen molar-refractivity contribution < 1.29 is 86.0 Å². The van der Waals surface area contributed by atoms with Crippen molar-refractivity contribution in [1.29, 1.82) is 0 Å². The van der Waals surface area contributed by atoms with E-state index in [2.05, 4.69) is 42.6 Å². The van der Waals surface area contributed by atoms with E-state index < -0.39 is 46.9 Å². The van der Waals surface area contributed by atoms with Crippen LogP contribution in [0.4, 0.5) is 4.79 Å². The number of amides is 6. The van der Waals surface area contributed by atoms with Crippen molar-refractivity contribution in [2.45, 2.75) is 133 Å². The molecule has 0 radical (unpaired) electrons. The van der Waals surface area contributed by atoms with E-state index in [0.717, 1.165) is 144 Å². The fourth-order valence-corrected chi connectivity index (χ4v) is 20.2. The molecule has 147 heavy (non-hydrogen) atoms. The van der Waals surface area contributed by atoms with Gasteiger partial charge in [-0.3, -0.25) is 57.7 Å². The number of aliphatic hydroxyl groups is 1. The third kappa shape index (κ3) is 23.8. The quantitative estimate of drug-likeness (QED) is 0.0215. The van der Waals surface area contributed by atoms with Crippen molar-refractivity contribution in [3.8, 4) is 74.4 Å². The number of urea groups is 1. The van der Waals surface area contributed by atoms with Gasteiger partial charge < -0.3 is 79.3 Å². The Kier molecular flexibility index (Phi) is 33.2. The van der Waals surface area contributed by atoms with Gasteiger partial charge in [-0.15, -0.1) is 0 Å². The number of esters is 1. The number of pyridine rings is 4. The van der Waals surface area contributed by atoms with Gasteiger partial charge >= 0.3 is 17.7 Å². The molecule has 4 aliphatic carbocycles. The Morgan fingerprint density at radius 2 is 1.20 bits per heavy atom. The van der Waals surface area contributed by atoms with Gasteiger partial charge in [-0.1, -0.05) is 78.9 Å². The Bertz CT molecular complexity index is 7150. The molecule has 6 amide bonds. The summed E-state index contributed by atoms with van der Waals surface area (Å²) in [5, 5.41) is 17.3. The second-order valence-electron chi connectivity index (χ2n) is 37.1. The summed E-state index contributed by atoms with van der Waals surface area (Å²) in [6.07, 6.45) is 21.6. The van der Waals surface area contributed by atoms with Crippen molar-refractivity contribution in [2.24, 2.45) is 28.3 Å². The molecule has 5 atom stereocenters. The number of hydrogen-bond donors (Lipinski definition) is 5. The zero-order chi connectivity index (χ0) is 103. The molecule has 34 heteroatoms. The first-order valence-corrected chi connectivity index (χ1v) is 49.5. The molecule has 4 saturated carbocycles. The van der Waals surface area contributed by atoms with E-state index in [1.165, 1.54) is 71.1 Å². The molecule has 5 aromatic heterocycles. The van der Waals surface area contributed by atoms with Gasteiger partial charge in [0, 0.05) is 85.5 Å². The second kappa shape index (κ2) is 47.6. The highest BCUT2D eigenvalue weighted by atomic mass is 16.5. The molecule has 8 aromatic carbocycles. The number of aromatic nitrogens is 6. The van der Waals surface area contributed by atoms with Crippen molar-refractivity contribution in [3.05, 3.63) is 318 Å².